The first kappa shape index (κ1) is 67.8. The fraction of sp³-hybridized carbons (Fsp3) is 0.983. The van der Waals surface area contributed by atoms with Gasteiger partial charge >= 0.3 is 5.97 Å². The first-order valence-corrected chi connectivity index (χ1v) is 31.3. The van der Waals surface area contributed by atoms with Crippen LogP contribution in [0, 0.1) is 52.3 Å². The van der Waals surface area contributed by atoms with Crippen LogP contribution in [0.1, 0.15) is 86.0 Å². The van der Waals surface area contributed by atoms with E-state index in [4.69, 9.17) is 61.6 Å². The van der Waals surface area contributed by atoms with E-state index in [9.17, 15) is 86.5 Å². The van der Waals surface area contributed by atoms with Crippen molar-refractivity contribution in [3.05, 3.63) is 0 Å². The van der Waals surface area contributed by atoms with Gasteiger partial charge in [0.15, 0.2) is 43.3 Å². The molecule has 7 heterocycles. The van der Waals surface area contributed by atoms with Gasteiger partial charge in [-0.05, 0) is 85.4 Å². The molecule has 30 nitrogen and oxygen atoms in total. The summed E-state index contributed by atoms with van der Waals surface area (Å²) < 4.78 is 78.3. The maximum absolute atomic E-state index is 12.3. The van der Waals surface area contributed by atoms with E-state index in [1.807, 2.05) is 0 Å². The zero-order valence-corrected chi connectivity index (χ0v) is 50.0. The van der Waals surface area contributed by atoms with E-state index in [1.165, 1.54) is 0 Å². The van der Waals surface area contributed by atoms with Crippen LogP contribution in [0.15, 0.2) is 0 Å². The maximum Gasteiger partial charge on any atom is 0.303 e. The summed E-state index contributed by atoms with van der Waals surface area (Å²) in [6.07, 6.45) is -42.8. The quantitative estimate of drug-likeness (QED) is 0.0536. The molecule has 0 aromatic heterocycles. The molecule has 7 saturated heterocycles. The number of carbonyl (C=O) groups excluding carboxylic acids is 1. The third-order valence-electron chi connectivity index (χ3n) is 22.5. The first-order chi connectivity index (χ1) is 41.7. The number of hydrogen-bond donors (Lipinski definition) is 16. The molecule has 4 aliphatic carbocycles. The minimum Gasteiger partial charge on any atom is -0.457 e. The predicted octanol–water partition coefficient (Wildman–Crippen LogP) is -5.93. The Balaban J connectivity index is 0.803. The van der Waals surface area contributed by atoms with Crippen molar-refractivity contribution < 1.29 is 148 Å². The van der Waals surface area contributed by atoms with Crippen LogP contribution in [0.3, 0.4) is 0 Å². The van der Waals surface area contributed by atoms with Crippen molar-refractivity contribution >= 4 is 5.97 Å². The van der Waals surface area contributed by atoms with Gasteiger partial charge in [0.05, 0.1) is 64.1 Å². The standard InChI is InChI=1S/C58H94O30/c1-20-8-11-58(77-18-20)21(2)33-47(88-58)39(69)34-24-7-6-23-12-27(26(64)13-57(23,5)25(24)9-10-56(33,34)4)79-52-44(74)41(71)46(31(17-62)83-52)84-55-50(49(38(68)30(16-61)82-55)86-51-42(72)36(66)32(19-76-51)78-22(3)63)87-54-45(75)48(37(67)29(15-60)81-54)85-53-43(73)40(70)35(65)28(14-59)80-53/h20-21,23-55,59-62,64-75H,6-19H2,1-5H3/t20-,21+,23+,24-,25+,26-,27-,28-,29-,30-,31-,32-,33+,34-,35-,36+,37+,38-,39+,40+,41-,42-,43-,44-,45-,46+,47-,48+,49+,50-,51+,52-,53+,54+,55+,56-,57+,58+/m1/s1. The second-order valence-corrected chi connectivity index (χ2v) is 27.5. The van der Waals surface area contributed by atoms with E-state index >= 15 is 0 Å². The van der Waals surface area contributed by atoms with Crippen LogP contribution in [0.4, 0.5) is 0 Å². The molecule has 0 amide bonds. The molecule has 0 unspecified atom stereocenters. The lowest BCUT2D eigenvalue weighted by Gasteiger charge is -2.62. The van der Waals surface area contributed by atoms with E-state index in [-0.39, 0.29) is 52.4 Å². The molecule has 11 aliphatic rings. The summed E-state index contributed by atoms with van der Waals surface area (Å²) >= 11 is 0. The molecule has 30 heteroatoms. The fourth-order valence-electron chi connectivity index (χ4n) is 17.7. The lowest BCUT2D eigenvalue weighted by molar-refractivity contribution is -0.410. The van der Waals surface area contributed by atoms with Gasteiger partial charge in [0.2, 0.25) is 0 Å². The van der Waals surface area contributed by atoms with Crippen molar-refractivity contribution in [1.29, 1.82) is 0 Å². The predicted molar refractivity (Wildman–Crippen MR) is 287 cm³/mol. The van der Waals surface area contributed by atoms with Crippen LogP contribution in [0.2, 0.25) is 0 Å². The minimum absolute atomic E-state index is 0.0140. The van der Waals surface area contributed by atoms with Crippen LogP contribution in [0.25, 0.3) is 0 Å². The molecule has 16 N–H and O–H groups in total. The highest BCUT2D eigenvalue weighted by Crippen LogP contribution is 2.71. The normalized spacial score (nSPS) is 56.4. The summed E-state index contributed by atoms with van der Waals surface area (Å²) in [6.45, 7) is 6.23. The molecular weight excluding hydrogens is 1180 g/mol. The number of esters is 1. The molecule has 4 saturated carbocycles. The summed E-state index contributed by atoms with van der Waals surface area (Å²) in [5.41, 5.74) is -0.547. The SMILES string of the molecule is CC(=O)O[C@@H]1CO[C@@H](O[C@H]2[C@H](O)[C@@H](CO)O[C@@H](O[C@@H]3[C@H](O)[C@@H](O)[C@H](O[C@@H]4C[C@@H]5CC[C@H]6[C@@H]7[C@H](O)[C@@H]8O[C@@]9(CC[C@@H](C)CO9)[C@@H](C)[C@@H]8[C@@]7(C)CC[C@@H]6[C@@]5(C)C[C@H]4O)O[C@@H]3CO)[C@@H]2O[C@@H]2O[C@H](CO)[C@H](O)[C@H](O[C@@H]3O[C@H](CO)[C@@H](O)[C@H](O)[C@H]3O)[C@H]2O)[C@H](O)[C@H]1O. The first-order valence-electron chi connectivity index (χ1n) is 31.3. The zero-order chi connectivity index (χ0) is 63.4. The Morgan fingerprint density at radius 2 is 1.07 bits per heavy atom. The number of ether oxygens (including phenoxy) is 13. The second-order valence-electron chi connectivity index (χ2n) is 27.5. The fourth-order valence-corrected chi connectivity index (χ4v) is 17.7. The van der Waals surface area contributed by atoms with Gasteiger partial charge in [-0.15, -0.1) is 0 Å². The molecule has 11 fully saturated rings. The van der Waals surface area contributed by atoms with Crippen LogP contribution >= 0.6 is 0 Å². The molecule has 38 atom stereocenters. The molecule has 11 rings (SSSR count). The van der Waals surface area contributed by atoms with E-state index in [0.717, 1.165) is 45.4 Å². The molecule has 88 heavy (non-hydrogen) atoms. The topological polar surface area (TPSA) is 461 Å². The van der Waals surface area contributed by atoms with Gasteiger partial charge in [-0.1, -0.05) is 27.7 Å². The molecule has 0 aromatic carbocycles. The van der Waals surface area contributed by atoms with E-state index < -0.39 is 211 Å². The van der Waals surface area contributed by atoms with Crippen LogP contribution in [0.5, 0.6) is 0 Å². The monoisotopic (exact) mass is 1270 g/mol. The van der Waals surface area contributed by atoms with Crippen molar-refractivity contribution in [2.24, 2.45) is 52.3 Å². The Hall–Kier alpha value is -1.65. The van der Waals surface area contributed by atoms with E-state index in [1.54, 1.807) is 0 Å². The smallest absolute Gasteiger partial charge is 0.303 e. The number of aliphatic hydroxyl groups is 16. The maximum atomic E-state index is 12.3. The Morgan fingerprint density at radius 1 is 0.500 bits per heavy atom. The number of carbonyl (C=O) groups is 1. The molecule has 0 bridgehead atoms. The number of rotatable bonds is 15. The van der Waals surface area contributed by atoms with Gasteiger partial charge in [-0.3, -0.25) is 4.79 Å². The van der Waals surface area contributed by atoms with Crippen LogP contribution in [-0.4, -0.2) is 305 Å². The largest absolute Gasteiger partial charge is 0.457 e. The van der Waals surface area contributed by atoms with Gasteiger partial charge in [-0.2, -0.15) is 0 Å². The highest BCUT2D eigenvalue weighted by atomic mass is 16.8. The number of fused-ring (bicyclic) bond motifs is 7. The molecule has 1 spiro atoms. The van der Waals surface area contributed by atoms with Gasteiger partial charge < -0.3 is 143 Å². The Morgan fingerprint density at radius 3 is 1.72 bits per heavy atom. The van der Waals surface area contributed by atoms with Crippen LogP contribution < -0.4 is 0 Å². The third kappa shape index (κ3) is 11.9. The molecule has 7 aliphatic heterocycles. The summed E-state index contributed by atoms with van der Waals surface area (Å²) in [4.78, 5) is 11.8. The highest BCUT2D eigenvalue weighted by molar-refractivity contribution is 5.66. The number of aliphatic hydroxyl groups excluding tert-OH is 16. The van der Waals surface area contributed by atoms with Gasteiger partial charge in [0.25, 0.3) is 0 Å². The Labute approximate surface area is 508 Å². The van der Waals surface area contributed by atoms with Crippen molar-refractivity contribution in [1.82, 2.24) is 0 Å². The summed E-state index contributed by atoms with van der Waals surface area (Å²) in [7, 11) is 0. The van der Waals surface area contributed by atoms with Crippen molar-refractivity contribution in [2.75, 3.05) is 39.6 Å². The van der Waals surface area contributed by atoms with Crippen molar-refractivity contribution in [2.45, 2.75) is 264 Å². The molecular formula is C58H94O30. The van der Waals surface area contributed by atoms with Crippen molar-refractivity contribution in [3.63, 3.8) is 0 Å². The lowest BCUT2D eigenvalue weighted by Crippen LogP contribution is -2.69. The molecule has 0 radical (unpaired) electrons. The third-order valence-corrected chi connectivity index (χ3v) is 22.5. The van der Waals surface area contributed by atoms with Gasteiger partial charge in [-0.25, -0.2) is 0 Å². The Bertz CT molecular complexity index is 2340. The summed E-state index contributed by atoms with van der Waals surface area (Å²) in [5, 5.41) is 179. The highest BCUT2D eigenvalue weighted by Gasteiger charge is 2.73. The average molecular weight is 1270 g/mol. The summed E-state index contributed by atoms with van der Waals surface area (Å²) in [5.74, 6) is -0.492. The molecule has 506 valence electrons. The van der Waals surface area contributed by atoms with Gasteiger partial charge in [0, 0.05) is 25.2 Å². The van der Waals surface area contributed by atoms with E-state index in [2.05, 4.69) is 27.7 Å². The minimum atomic E-state index is -2.23. The van der Waals surface area contributed by atoms with Crippen LogP contribution in [-0.2, 0) is 66.4 Å². The summed E-state index contributed by atoms with van der Waals surface area (Å²) in [6, 6.07) is 0. The lowest BCUT2D eigenvalue weighted by atomic mass is 9.44. The number of hydrogen-bond acceptors (Lipinski definition) is 30. The zero-order valence-electron chi connectivity index (χ0n) is 50.0. The van der Waals surface area contributed by atoms with Gasteiger partial charge in [0.1, 0.15) is 110 Å². The molecule has 0 aromatic rings. The second kappa shape index (κ2) is 26.5. The van der Waals surface area contributed by atoms with Crippen molar-refractivity contribution in [3.8, 4) is 0 Å². The Kier molecular flexibility index (Phi) is 20.4. The average Bonchev–Trinajstić information content (AvgIpc) is 1.50. The van der Waals surface area contributed by atoms with E-state index in [0.29, 0.717) is 25.4 Å².